The van der Waals surface area contributed by atoms with Gasteiger partial charge in [-0.1, -0.05) is 18.2 Å². The molecule has 0 amide bonds. The van der Waals surface area contributed by atoms with Crippen LogP contribution in [0, 0.1) is 0 Å². The van der Waals surface area contributed by atoms with Gasteiger partial charge in [0.15, 0.2) is 0 Å². The van der Waals surface area contributed by atoms with Gasteiger partial charge < -0.3 is 15.0 Å². The van der Waals surface area contributed by atoms with Gasteiger partial charge in [-0.2, -0.15) is 4.98 Å². The number of methoxy groups -OCH3 is 1. The van der Waals surface area contributed by atoms with Crippen molar-refractivity contribution < 1.29 is 4.74 Å². The van der Waals surface area contributed by atoms with Crippen molar-refractivity contribution in [2.45, 2.75) is 6.92 Å². The fraction of sp³-hybridized carbons (Fsp3) is 0.333. The van der Waals surface area contributed by atoms with E-state index in [9.17, 15) is 0 Å². The molecule has 0 unspecified atom stereocenters. The Kier molecular flexibility index (Phi) is 5.32. The van der Waals surface area contributed by atoms with Crippen LogP contribution in [0.1, 0.15) is 6.92 Å². The molecule has 5 nitrogen and oxygen atoms in total. The minimum Gasteiger partial charge on any atom is -0.383 e. The molecule has 0 aliphatic carbocycles. The Morgan fingerprint density at radius 2 is 2.00 bits per heavy atom. The highest BCUT2D eigenvalue weighted by molar-refractivity contribution is 5.60. The van der Waals surface area contributed by atoms with Crippen LogP contribution in [0.2, 0.25) is 0 Å². The SMILES string of the molecule is CCN(c1ccccc1)c1ccnc(NCCOC)n1. The predicted molar refractivity (Wildman–Crippen MR) is 81.5 cm³/mol. The first-order valence-corrected chi connectivity index (χ1v) is 6.73. The highest BCUT2D eigenvalue weighted by Gasteiger charge is 2.09. The summed E-state index contributed by atoms with van der Waals surface area (Å²) in [6.45, 7) is 4.27. The maximum Gasteiger partial charge on any atom is 0.224 e. The number of anilines is 3. The Hall–Kier alpha value is -2.14. The molecule has 0 fully saturated rings. The van der Waals surface area contributed by atoms with Gasteiger partial charge in [-0.3, -0.25) is 0 Å². The third kappa shape index (κ3) is 3.68. The van der Waals surface area contributed by atoms with Crippen molar-refractivity contribution in [1.82, 2.24) is 9.97 Å². The van der Waals surface area contributed by atoms with Crippen LogP contribution in [0.15, 0.2) is 42.6 Å². The van der Waals surface area contributed by atoms with Crippen LogP contribution in [0.5, 0.6) is 0 Å². The lowest BCUT2D eigenvalue weighted by Gasteiger charge is -2.22. The minimum absolute atomic E-state index is 0.619. The number of benzene rings is 1. The summed E-state index contributed by atoms with van der Waals surface area (Å²) in [7, 11) is 1.67. The van der Waals surface area contributed by atoms with Gasteiger partial charge in [-0.15, -0.1) is 0 Å². The smallest absolute Gasteiger partial charge is 0.224 e. The van der Waals surface area contributed by atoms with Crippen LogP contribution in [0.25, 0.3) is 0 Å². The van der Waals surface area contributed by atoms with Crippen molar-refractivity contribution in [3.8, 4) is 0 Å². The van der Waals surface area contributed by atoms with E-state index in [1.54, 1.807) is 13.3 Å². The summed E-state index contributed by atoms with van der Waals surface area (Å²) in [6.07, 6.45) is 1.77. The van der Waals surface area contributed by atoms with E-state index in [1.165, 1.54) is 0 Å². The quantitative estimate of drug-likeness (QED) is 0.785. The fourth-order valence-electron chi connectivity index (χ4n) is 1.93. The van der Waals surface area contributed by atoms with Crippen LogP contribution < -0.4 is 10.2 Å². The predicted octanol–water partition coefficient (Wildman–Crippen LogP) is 2.69. The largest absolute Gasteiger partial charge is 0.383 e. The molecule has 1 heterocycles. The summed E-state index contributed by atoms with van der Waals surface area (Å²) in [6, 6.07) is 12.1. The molecule has 0 spiro atoms. The van der Waals surface area contributed by atoms with Crippen molar-refractivity contribution in [3.05, 3.63) is 42.6 Å². The number of ether oxygens (including phenoxy) is 1. The van der Waals surface area contributed by atoms with Gasteiger partial charge in [0.25, 0.3) is 0 Å². The third-order valence-electron chi connectivity index (χ3n) is 2.89. The Morgan fingerprint density at radius 3 is 2.70 bits per heavy atom. The van der Waals surface area contributed by atoms with Crippen LogP contribution in [0.4, 0.5) is 17.5 Å². The van der Waals surface area contributed by atoms with Gasteiger partial charge in [-0.05, 0) is 25.1 Å². The van der Waals surface area contributed by atoms with Crippen LogP contribution >= 0.6 is 0 Å². The molecule has 0 aliphatic heterocycles. The van der Waals surface area contributed by atoms with Gasteiger partial charge in [0.05, 0.1) is 6.61 Å². The van der Waals surface area contributed by atoms with Gasteiger partial charge in [0.2, 0.25) is 5.95 Å². The topological polar surface area (TPSA) is 50.3 Å². The van der Waals surface area contributed by atoms with Gasteiger partial charge in [0.1, 0.15) is 5.82 Å². The molecular weight excluding hydrogens is 252 g/mol. The van der Waals surface area contributed by atoms with Crippen molar-refractivity contribution >= 4 is 17.5 Å². The number of hydrogen-bond acceptors (Lipinski definition) is 5. The second kappa shape index (κ2) is 7.45. The lowest BCUT2D eigenvalue weighted by atomic mass is 10.3. The molecule has 0 radical (unpaired) electrons. The van der Waals surface area contributed by atoms with E-state index in [0.29, 0.717) is 19.1 Å². The Labute approximate surface area is 119 Å². The zero-order valence-electron chi connectivity index (χ0n) is 11.9. The summed E-state index contributed by atoms with van der Waals surface area (Å²) >= 11 is 0. The summed E-state index contributed by atoms with van der Waals surface area (Å²) in [5.41, 5.74) is 1.12. The van der Waals surface area contributed by atoms with E-state index >= 15 is 0 Å². The maximum absolute atomic E-state index is 5.00. The second-order valence-electron chi connectivity index (χ2n) is 4.24. The maximum atomic E-state index is 5.00. The van der Waals surface area contributed by atoms with Crippen molar-refractivity contribution in [2.24, 2.45) is 0 Å². The first-order valence-electron chi connectivity index (χ1n) is 6.73. The van der Waals surface area contributed by atoms with Crippen molar-refractivity contribution in [2.75, 3.05) is 37.0 Å². The number of para-hydroxylation sites is 1. The number of hydrogen-bond donors (Lipinski definition) is 1. The number of aromatic nitrogens is 2. The van der Waals surface area contributed by atoms with E-state index in [1.807, 2.05) is 24.3 Å². The van der Waals surface area contributed by atoms with Crippen LogP contribution in [0.3, 0.4) is 0 Å². The van der Waals surface area contributed by atoms with Crippen LogP contribution in [-0.2, 0) is 4.74 Å². The molecular formula is C15H20N4O. The minimum atomic E-state index is 0.619. The number of rotatable bonds is 7. The first-order chi connectivity index (χ1) is 9.85. The summed E-state index contributed by atoms with van der Waals surface area (Å²) < 4.78 is 5.00. The van der Waals surface area contributed by atoms with E-state index in [-0.39, 0.29) is 0 Å². The lowest BCUT2D eigenvalue weighted by molar-refractivity contribution is 0.210. The second-order valence-corrected chi connectivity index (χ2v) is 4.24. The molecule has 1 N–H and O–H groups in total. The molecule has 20 heavy (non-hydrogen) atoms. The molecule has 0 bridgehead atoms. The van der Waals surface area contributed by atoms with Crippen molar-refractivity contribution in [1.29, 1.82) is 0 Å². The first kappa shape index (κ1) is 14.3. The van der Waals surface area contributed by atoms with Crippen molar-refractivity contribution in [3.63, 3.8) is 0 Å². The van der Waals surface area contributed by atoms with Crippen LogP contribution in [-0.4, -0.2) is 36.8 Å². The van der Waals surface area contributed by atoms with E-state index in [2.05, 4.69) is 39.2 Å². The molecule has 0 aliphatic rings. The molecule has 5 heteroatoms. The Bertz CT molecular complexity index is 518. The zero-order valence-corrected chi connectivity index (χ0v) is 11.9. The monoisotopic (exact) mass is 272 g/mol. The fourth-order valence-corrected chi connectivity index (χ4v) is 1.93. The summed E-state index contributed by atoms with van der Waals surface area (Å²) in [5, 5.41) is 3.14. The average molecular weight is 272 g/mol. The standard InChI is InChI=1S/C15H20N4O/c1-3-19(13-7-5-4-6-8-13)14-9-10-16-15(18-14)17-11-12-20-2/h4-10H,3,11-12H2,1-2H3,(H,16,17,18). The average Bonchev–Trinajstić information content (AvgIpc) is 2.50. The zero-order chi connectivity index (χ0) is 14.2. The summed E-state index contributed by atoms with van der Waals surface area (Å²) in [5.74, 6) is 1.50. The molecule has 1 aromatic carbocycles. The normalized spacial score (nSPS) is 10.3. The summed E-state index contributed by atoms with van der Waals surface area (Å²) in [4.78, 5) is 10.9. The highest BCUT2D eigenvalue weighted by atomic mass is 16.5. The third-order valence-corrected chi connectivity index (χ3v) is 2.89. The lowest BCUT2D eigenvalue weighted by Crippen LogP contribution is -2.18. The number of nitrogens with zero attached hydrogens (tertiary/aromatic N) is 3. The molecule has 0 saturated heterocycles. The van der Waals surface area contributed by atoms with E-state index in [4.69, 9.17) is 4.74 Å². The molecule has 2 rings (SSSR count). The van der Waals surface area contributed by atoms with Gasteiger partial charge in [-0.25, -0.2) is 4.98 Å². The molecule has 2 aromatic rings. The molecule has 106 valence electrons. The van der Waals surface area contributed by atoms with Gasteiger partial charge >= 0.3 is 0 Å². The van der Waals surface area contributed by atoms with E-state index in [0.717, 1.165) is 18.1 Å². The van der Waals surface area contributed by atoms with E-state index < -0.39 is 0 Å². The molecule has 1 aromatic heterocycles. The molecule has 0 atom stereocenters. The highest BCUT2D eigenvalue weighted by Crippen LogP contribution is 2.23. The Balaban J connectivity index is 2.16. The molecule has 0 saturated carbocycles. The Morgan fingerprint density at radius 1 is 1.20 bits per heavy atom. The van der Waals surface area contributed by atoms with Gasteiger partial charge in [0, 0.05) is 32.1 Å². The number of nitrogens with one attached hydrogen (secondary N) is 1.